The summed E-state index contributed by atoms with van der Waals surface area (Å²) in [6, 6.07) is 10.1. The van der Waals surface area contributed by atoms with E-state index in [0.29, 0.717) is 6.54 Å². The molecule has 1 aromatic carbocycles. The van der Waals surface area contributed by atoms with Gasteiger partial charge < -0.3 is 0 Å². The highest BCUT2D eigenvalue weighted by Crippen LogP contribution is 2.20. The zero-order chi connectivity index (χ0) is 15.2. The van der Waals surface area contributed by atoms with Gasteiger partial charge in [-0.25, -0.2) is 0 Å². The summed E-state index contributed by atoms with van der Waals surface area (Å²) in [7, 11) is 1.98. The van der Waals surface area contributed by atoms with Gasteiger partial charge >= 0.3 is 0 Å². The van der Waals surface area contributed by atoms with E-state index >= 15 is 0 Å². The normalized spacial score (nSPS) is 11.0. The molecule has 0 saturated carbocycles. The average molecular weight is 366 g/mol. The molecule has 0 atom stereocenters. The van der Waals surface area contributed by atoms with Crippen molar-refractivity contribution in [1.82, 2.24) is 4.90 Å². The van der Waals surface area contributed by atoms with Crippen molar-refractivity contribution in [1.29, 1.82) is 0 Å². The Morgan fingerprint density at radius 2 is 2.00 bits per heavy atom. The number of rotatable bonds is 7. The molecular formula is C17H20BrNOS. The van der Waals surface area contributed by atoms with Crippen molar-refractivity contribution in [3.63, 3.8) is 0 Å². The lowest BCUT2D eigenvalue weighted by Gasteiger charge is -2.14. The van der Waals surface area contributed by atoms with E-state index in [4.69, 9.17) is 0 Å². The third-order valence-corrected chi connectivity index (χ3v) is 4.96. The van der Waals surface area contributed by atoms with E-state index in [9.17, 15) is 4.79 Å². The molecule has 1 aromatic heterocycles. The first-order valence-electron chi connectivity index (χ1n) is 7.12. The molecular weight excluding hydrogens is 346 g/mol. The Morgan fingerprint density at radius 1 is 1.29 bits per heavy atom. The Kier molecular flexibility index (Phi) is 6.15. The van der Waals surface area contributed by atoms with Crippen LogP contribution in [0.3, 0.4) is 0 Å². The van der Waals surface area contributed by atoms with Gasteiger partial charge in [-0.05, 0) is 41.0 Å². The van der Waals surface area contributed by atoms with E-state index in [1.165, 1.54) is 10.4 Å². The van der Waals surface area contributed by atoms with E-state index in [-0.39, 0.29) is 5.78 Å². The second-order valence-corrected chi connectivity index (χ2v) is 7.19. The minimum absolute atomic E-state index is 0.177. The SMILES string of the molecule is CCCc1ccc(C(=O)CN(C)Cc2cc(Br)cs2)cc1. The summed E-state index contributed by atoms with van der Waals surface area (Å²) in [4.78, 5) is 15.6. The van der Waals surface area contributed by atoms with E-state index < -0.39 is 0 Å². The Morgan fingerprint density at radius 3 is 2.57 bits per heavy atom. The summed E-state index contributed by atoms with van der Waals surface area (Å²) in [5, 5.41) is 2.07. The predicted octanol–water partition coefficient (Wildman–Crippen LogP) is 4.78. The maximum atomic E-state index is 12.3. The number of likely N-dealkylation sites (N-methyl/N-ethyl adjacent to an activating group) is 1. The van der Waals surface area contributed by atoms with Gasteiger partial charge in [0.05, 0.1) is 6.54 Å². The topological polar surface area (TPSA) is 20.3 Å². The van der Waals surface area contributed by atoms with Gasteiger partial charge in [-0.1, -0.05) is 37.6 Å². The summed E-state index contributed by atoms with van der Waals surface area (Å²) >= 11 is 5.16. The van der Waals surface area contributed by atoms with E-state index in [2.05, 4.69) is 51.3 Å². The molecule has 0 saturated heterocycles. The second kappa shape index (κ2) is 7.87. The van der Waals surface area contributed by atoms with Crippen molar-refractivity contribution in [3.8, 4) is 0 Å². The zero-order valence-corrected chi connectivity index (χ0v) is 14.8. The molecule has 2 nitrogen and oxygen atoms in total. The van der Waals surface area contributed by atoms with Crippen molar-refractivity contribution in [2.24, 2.45) is 0 Å². The molecule has 4 heteroatoms. The first-order valence-corrected chi connectivity index (χ1v) is 8.79. The maximum Gasteiger partial charge on any atom is 0.176 e. The molecule has 2 aromatic rings. The van der Waals surface area contributed by atoms with E-state index in [1.54, 1.807) is 11.3 Å². The van der Waals surface area contributed by atoms with Crippen molar-refractivity contribution in [2.45, 2.75) is 26.3 Å². The fourth-order valence-corrected chi connectivity index (χ4v) is 3.77. The monoisotopic (exact) mass is 365 g/mol. The molecule has 0 aliphatic heterocycles. The number of carbonyl (C=O) groups excluding carboxylic acids is 1. The third-order valence-electron chi connectivity index (χ3n) is 3.28. The first kappa shape index (κ1) is 16.4. The fraction of sp³-hybridized carbons (Fsp3) is 0.353. The zero-order valence-electron chi connectivity index (χ0n) is 12.4. The summed E-state index contributed by atoms with van der Waals surface area (Å²) < 4.78 is 1.11. The summed E-state index contributed by atoms with van der Waals surface area (Å²) in [5.74, 6) is 0.177. The average Bonchev–Trinajstić information content (AvgIpc) is 2.85. The smallest absolute Gasteiger partial charge is 0.176 e. The van der Waals surface area contributed by atoms with Crippen LogP contribution in [0.2, 0.25) is 0 Å². The highest BCUT2D eigenvalue weighted by Gasteiger charge is 2.10. The molecule has 0 bridgehead atoms. The highest BCUT2D eigenvalue weighted by molar-refractivity contribution is 9.10. The largest absolute Gasteiger partial charge is 0.294 e. The van der Waals surface area contributed by atoms with Gasteiger partial charge in [-0.3, -0.25) is 9.69 Å². The highest BCUT2D eigenvalue weighted by atomic mass is 79.9. The van der Waals surface area contributed by atoms with Crippen LogP contribution in [0, 0.1) is 0 Å². The molecule has 0 unspecified atom stereocenters. The molecule has 0 spiro atoms. The molecule has 0 fully saturated rings. The molecule has 0 N–H and O–H groups in total. The standard InChI is InChI=1S/C17H20BrNOS/c1-3-4-13-5-7-14(8-6-13)17(20)11-19(2)10-16-9-15(18)12-21-16/h5-9,12H,3-4,10-11H2,1-2H3. The lowest BCUT2D eigenvalue weighted by Crippen LogP contribution is -2.25. The van der Waals surface area contributed by atoms with Crippen molar-refractivity contribution in [3.05, 3.63) is 56.2 Å². The predicted molar refractivity (Wildman–Crippen MR) is 93.1 cm³/mol. The van der Waals surface area contributed by atoms with Crippen molar-refractivity contribution < 1.29 is 4.79 Å². The molecule has 0 amide bonds. The Hall–Kier alpha value is -0.970. The van der Waals surface area contributed by atoms with Gasteiger partial charge in [0, 0.05) is 26.8 Å². The number of ketones is 1. The molecule has 1 heterocycles. The van der Waals surface area contributed by atoms with Crippen molar-refractivity contribution >= 4 is 33.0 Å². The number of Topliss-reactive ketones (excluding diaryl/α,β-unsaturated/α-hetero) is 1. The van der Waals surface area contributed by atoms with Gasteiger partial charge in [-0.2, -0.15) is 0 Å². The van der Waals surface area contributed by atoms with Crippen molar-refractivity contribution in [2.75, 3.05) is 13.6 Å². The van der Waals surface area contributed by atoms with Crippen LogP contribution in [0.1, 0.15) is 34.1 Å². The van der Waals surface area contributed by atoms with Gasteiger partial charge in [0.1, 0.15) is 0 Å². The quantitative estimate of drug-likeness (QED) is 0.658. The van der Waals surface area contributed by atoms with Gasteiger partial charge in [0.2, 0.25) is 0 Å². The van der Waals surface area contributed by atoms with Crippen LogP contribution >= 0.6 is 27.3 Å². The van der Waals surface area contributed by atoms with Crippen LogP contribution in [-0.2, 0) is 13.0 Å². The summed E-state index contributed by atoms with van der Waals surface area (Å²) in [6.07, 6.45) is 2.20. The summed E-state index contributed by atoms with van der Waals surface area (Å²) in [5.41, 5.74) is 2.10. The van der Waals surface area contributed by atoms with E-state index in [0.717, 1.165) is 29.4 Å². The first-order chi connectivity index (χ1) is 10.1. The maximum absolute atomic E-state index is 12.3. The molecule has 2 rings (SSSR count). The van der Waals surface area contributed by atoms with E-state index in [1.807, 2.05) is 19.2 Å². The fourth-order valence-electron chi connectivity index (χ4n) is 2.24. The second-order valence-electron chi connectivity index (χ2n) is 5.27. The Balaban J connectivity index is 1.90. The van der Waals surface area contributed by atoms with Gasteiger partial charge in [0.25, 0.3) is 0 Å². The number of halogens is 1. The Labute approximate surface area is 138 Å². The number of hydrogen-bond acceptors (Lipinski definition) is 3. The number of aryl methyl sites for hydroxylation is 1. The van der Waals surface area contributed by atoms with Gasteiger partial charge in [0.15, 0.2) is 5.78 Å². The minimum atomic E-state index is 0.177. The molecule has 0 aliphatic carbocycles. The number of carbonyl (C=O) groups is 1. The van der Waals surface area contributed by atoms with Gasteiger partial charge in [-0.15, -0.1) is 11.3 Å². The number of thiophene rings is 1. The van der Waals surface area contributed by atoms with Crippen LogP contribution in [0.15, 0.2) is 40.2 Å². The number of benzene rings is 1. The van der Waals surface area contributed by atoms with Crippen LogP contribution in [0.4, 0.5) is 0 Å². The molecule has 21 heavy (non-hydrogen) atoms. The number of nitrogens with zero attached hydrogens (tertiary/aromatic N) is 1. The number of hydrogen-bond donors (Lipinski definition) is 0. The Bertz CT molecular complexity index is 591. The minimum Gasteiger partial charge on any atom is -0.294 e. The summed E-state index contributed by atoms with van der Waals surface area (Å²) in [6.45, 7) is 3.41. The molecule has 112 valence electrons. The third kappa shape index (κ3) is 5.06. The van der Waals surface area contributed by atoms with Crippen LogP contribution in [0.5, 0.6) is 0 Å². The van der Waals surface area contributed by atoms with Crippen LogP contribution in [0.25, 0.3) is 0 Å². The molecule has 0 aliphatic rings. The lowest BCUT2D eigenvalue weighted by molar-refractivity contribution is 0.0943. The lowest BCUT2D eigenvalue weighted by atomic mass is 10.1. The molecule has 0 radical (unpaired) electrons. The van der Waals surface area contributed by atoms with Crippen LogP contribution < -0.4 is 0 Å². The van der Waals surface area contributed by atoms with Crippen LogP contribution in [-0.4, -0.2) is 24.3 Å².